The van der Waals surface area contributed by atoms with Gasteiger partial charge in [0.05, 0.1) is 6.61 Å². The molecule has 0 bridgehead atoms. The van der Waals surface area contributed by atoms with Crippen molar-refractivity contribution in [1.82, 2.24) is 0 Å². The van der Waals surface area contributed by atoms with Crippen LogP contribution >= 0.6 is 0 Å². The lowest BCUT2D eigenvalue weighted by molar-refractivity contribution is -0.272. The molecule has 0 fully saturated rings. The van der Waals surface area contributed by atoms with Gasteiger partial charge in [0.25, 0.3) is 0 Å². The van der Waals surface area contributed by atoms with Gasteiger partial charge in [0.1, 0.15) is 0 Å². The van der Waals surface area contributed by atoms with E-state index in [-0.39, 0.29) is 5.97 Å². The van der Waals surface area contributed by atoms with Crippen molar-refractivity contribution in [2.75, 3.05) is 6.61 Å². The summed E-state index contributed by atoms with van der Waals surface area (Å²) >= 11 is 0. The van der Waals surface area contributed by atoms with Crippen molar-refractivity contribution >= 4 is 5.97 Å². The fourth-order valence-electron chi connectivity index (χ4n) is 1.81. The van der Waals surface area contributed by atoms with E-state index in [0.717, 1.165) is 6.42 Å². The molecule has 0 aliphatic heterocycles. The molecule has 0 aliphatic rings. The van der Waals surface area contributed by atoms with Crippen LogP contribution in [0.2, 0.25) is 0 Å². The van der Waals surface area contributed by atoms with Crippen molar-refractivity contribution in [3.8, 4) is 0 Å². The molecule has 0 radical (unpaired) electrons. The van der Waals surface area contributed by atoms with Gasteiger partial charge in [0.15, 0.2) is 0 Å². The summed E-state index contributed by atoms with van der Waals surface area (Å²) in [6.07, 6.45) is 13.3. The lowest BCUT2D eigenvalue weighted by Crippen LogP contribution is -2.04. The summed E-state index contributed by atoms with van der Waals surface area (Å²) < 4.78 is 0. The monoisotopic (exact) mass is 258 g/mol. The van der Waals surface area contributed by atoms with E-state index in [1.54, 1.807) is 6.92 Å². The number of unbranched alkanes of at least 4 members (excludes halogenated alkanes) is 9. The van der Waals surface area contributed by atoms with Crippen LogP contribution in [-0.4, -0.2) is 12.6 Å². The molecular weight excluding hydrogens is 228 g/mol. The summed E-state index contributed by atoms with van der Waals surface area (Å²) in [7, 11) is 0. The van der Waals surface area contributed by atoms with E-state index in [0.29, 0.717) is 13.0 Å². The Hall–Kier alpha value is -0.570. The predicted molar refractivity (Wildman–Crippen MR) is 74.2 cm³/mol. The molecule has 0 unspecified atom stereocenters. The Labute approximate surface area is 112 Å². The fraction of sp³-hybridized carbons (Fsp3) is 0.933. The summed E-state index contributed by atoms with van der Waals surface area (Å²) in [6, 6.07) is 0. The number of hydrogen-bond donors (Lipinski definition) is 0. The summed E-state index contributed by atoms with van der Waals surface area (Å²) in [6.45, 7) is 4.54. The minimum atomic E-state index is -0.290. The molecule has 108 valence electrons. The molecular formula is C15H30O3. The van der Waals surface area contributed by atoms with E-state index in [4.69, 9.17) is 4.89 Å². The maximum atomic E-state index is 10.7. The van der Waals surface area contributed by atoms with Gasteiger partial charge in [-0.25, -0.2) is 4.79 Å². The minimum absolute atomic E-state index is 0.290. The van der Waals surface area contributed by atoms with Gasteiger partial charge in [-0.1, -0.05) is 71.6 Å². The molecule has 18 heavy (non-hydrogen) atoms. The molecule has 3 nitrogen and oxygen atoms in total. The summed E-state index contributed by atoms with van der Waals surface area (Å²) in [4.78, 5) is 20.1. The normalized spacial score (nSPS) is 10.6. The van der Waals surface area contributed by atoms with Gasteiger partial charge in [0.2, 0.25) is 0 Å². The smallest absolute Gasteiger partial charge is 0.298 e. The van der Waals surface area contributed by atoms with E-state index in [9.17, 15) is 4.79 Å². The average molecular weight is 258 g/mol. The Bertz CT molecular complexity index is 181. The summed E-state index contributed by atoms with van der Waals surface area (Å²) in [5.41, 5.74) is 0. The molecule has 0 saturated heterocycles. The highest BCUT2D eigenvalue weighted by molar-refractivity contribution is 5.68. The van der Waals surface area contributed by atoms with E-state index in [1.165, 1.54) is 57.8 Å². The van der Waals surface area contributed by atoms with Gasteiger partial charge in [-0.05, 0) is 6.42 Å². The zero-order valence-corrected chi connectivity index (χ0v) is 12.2. The van der Waals surface area contributed by atoms with Crippen molar-refractivity contribution in [2.45, 2.75) is 84.5 Å². The lowest BCUT2D eigenvalue weighted by atomic mass is 10.1. The highest BCUT2D eigenvalue weighted by atomic mass is 17.2. The Kier molecular flexibility index (Phi) is 14.0. The summed E-state index contributed by atoms with van der Waals surface area (Å²) in [5, 5.41) is 0. The Morgan fingerprint density at radius 2 is 1.28 bits per heavy atom. The van der Waals surface area contributed by atoms with Gasteiger partial charge < -0.3 is 0 Å². The first kappa shape index (κ1) is 17.4. The SMILES string of the molecule is CCCCCCCCCCCCOOC(=O)CC. The van der Waals surface area contributed by atoms with Crippen LogP contribution in [0.25, 0.3) is 0 Å². The van der Waals surface area contributed by atoms with Gasteiger partial charge in [-0.15, -0.1) is 0 Å². The molecule has 0 atom stereocenters. The van der Waals surface area contributed by atoms with Crippen molar-refractivity contribution in [3.05, 3.63) is 0 Å². The number of hydrogen-bond acceptors (Lipinski definition) is 3. The van der Waals surface area contributed by atoms with Gasteiger partial charge in [0, 0.05) is 6.42 Å². The van der Waals surface area contributed by atoms with E-state index in [1.807, 2.05) is 0 Å². The van der Waals surface area contributed by atoms with Crippen molar-refractivity contribution in [2.24, 2.45) is 0 Å². The molecule has 0 saturated carbocycles. The Morgan fingerprint density at radius 3 is 1.78 bits per heavy atom. The molecule has 3 heteroatoms. The van der Waals surface area contributed by atoms with Crippen LogP contribution in [0.15, 0.2) is 0 Å². The molecule has 0 heterocycles. The van der Waals surface area contributed by atoms with Crippen LogP contribution in [0.4, 0.5) is 0 Å². The van der Waals surface area contributed by atoms with E-state index < -0.39 is 0 Å². The first-order valence-corrected chi connectivity index (χ1v) is 7.63. The second-order valence-corrected chi connectivity index (χ2v) is 4.81. The highest BCUT2D eigenvalue weighted by Gasteiger charge is 1.98. The molecule has 0 aliphatic carbocycles. The third-order valence-corrected chi connectivity index (χ3v) is 3.02. The van der Waals surface area contributed by atoms with E-state index >= 15 is 0 Å². The molecule has 0 spiro atoms. The lowest BCUT2D eigenvalue weighted by Gasteiger charge is -2.03. The number of carbonyl (C=O) groups excluding carboxylic acids is 1. The van der Waals surface area contributed by atoms with Crippen LogP contribution < -0.4 is 0 Å². The Balaban J connectivity index is 2.97. The first-order valence-electron chi connectivity index (χ1n) is 7.63. The Morgan fingerprint density at radius 1 is 0.778 bits per heavy atom. The number of carbonyl (C=O) groups is 1. The molecule has 0 amide bonds. The molecule has 0 aromatic heterocycles. The van der Waals surface area contributed by atoms with E-state index in [2.05, 4.69) is 11.8 Å². The molecule has 0 aromatic carbocycles. The van der Waals surface area contributed by atoms with Crippen LogP contribution in [-0.2, 0) is 14.6 Å². The van der Waals surface area contributed by atoms with Crippen molar-refractivity contribution < 1.29 is 14.6 Å². The van der Waals surface area contributed by atoms with Crippen molar-refractivity contribution in [3.63, 3.8) is 0 Å². The van der Waals surface area contributed by atoms with Crippen LogP contribution in [0.5, 0.6) is 0 Å². The standard InChI is InChI=1S/C15H30O3/c1-3-5-6-7-8-9-10-11-12-13-14-17-18-15(16)4-2/h3-14H2,1-2H3. The quantitative estimate of drug-likeness (QED) is 0.270. The van der Waals surface area contributed by atoms with Gasteiger partial charge >= 0.3 is 5.97 Å². The second kappa shape index (κ2) is 14.5. The third-order valence-electron chi connectivity index (χ3n) is 3.02. The highest BCUT2D eigenvalue weighted by Crippen LogP contribution is 2.10. The zero-order valence-electron chi connectivity index (χ0n) is 12.2. The molecule has 0 aromatic rings. The summed E-state index contributed by atoms with van der Waals surface area (Å²) in [5.74, 6) is -0.290. The van der Waals surface area contributed by atoms with Crippen molar-refractivity contribution in [1.29, 1.82) is 0 Å². The van der Waals surface area contributed by atoms with Crippen LogP contribution in [0.3, 0.4) is 0 Å². The minimum Gasteiger partial charge on any atom is -0.298 e. The van der Waals surface area contributed by atoms with Gasteiger partial charge in [-0.3, -0.25) is 4.89 Å². The average Bonchev–Trinajstić information content (AvgIpc) is 2.39. The maximum Gasteiger partial charge on any atom is 0.342 e. The van der Waals surface area contributed by atoms with Crippen LogP contribution in [0, 0.1) is 0 Å². The maximum absolute atomic E-state index is 10.7. The molecule has 0 rings (SSSR count). The third kappa shape index (κ3) is 13.5. The van der Waals surface area contributed by atoms with Crippen LogP contribution in [0.1, 0.15) is 84.5 Å². The largest absolute Gasteiger partial charge is 0.342 e. The zero-order chi connectivity index (χ0) is 13.5. The first-order chi connectivity index (χ1) is 8.81. The predicted octanol–water partition coefficient (Wildman–Crippen LogP) is 4.79. The number of rotatable bonds is 13. The fourth-order valence-corrected chi connectivity index (χ4v) is 1.81. The topological polar surface area (TPSA) is 35.5 Å². The molecule has 0 N–H and O–H groups in total. The van der Waals surface area contributed by atoms with Gasteiger partial charge in [-0.2, -0.15) is 4.89 Å². The second-order valence-electron chi connectivity index (χ2n) is 4.81.